The third-order valence-electron chi connectivity index (χ3n) is 3.34. The number of nitrogens with zero attached hydrogens (tertiary/aromatic N) is 1. The number of allylic oxidation sites excluding steroid dienone is 1. The van der Waals surface area contributed by atoms with Crippen molar-refractivity contribution in [3.63, 3.8) is 0 Å². The zero-order chi connectivity index (χ0) is 14.6. The van der Waals surface area contributed by atoms with E-state index in [1.165, 1.54) is 17.6 Å². The van der Waals surface area contributed by atoms with E-state index in [0.29, 0.717) is 0 Å². The normalized spacial score (nSPS) is 22.1. The maximum atomic E-state index is 12.2. The lowest BCUT2D eigenvalue weighted by atomic mass is 9.91. The molecule has 0 heterocycles. The van der Waals surface area contributed by atoms with Crippen LogP contribution >= 0.6 is 0 Å². The second-order valence-electron chi connectivity index (χ2n) is 6.19. The van der Waals surface area contributed by atoms with Crippen molar-refractivity contribution < 1.29 is 4.21 Å². The van der Waals surface area contributed by atoms with Crippen molar-refractivity contribution in [2.45, 2.75) is 51.2 Å². The summed E-state index contributed by atoms with van der Waals surface area (Å²) in [6.45, 7) is 5.91. The minimum atomic E-state index is -1.17. The second kappa shape index (κ2) is 6.49. The van der Waals surface area contributed by atoms with Gasteiger partial charge in [0.2, 0.25) is 0 Å². The van der Waals surface area contributed by atoms with E-state index in [1.54, 1.807) is 0 Å². The first kappa shape index (κ1) is 15.2. The molecule has 0 saturated heterocycles. The highest BCUT2D eigenvalue weighted by molar-refractivity contribution is 7.85. The molecule has 0 amide bonds. The Morgan fingerprint density at radius 2 is 1.75 bits per heavy atom. The van der Waals surface area contributed by atoms with Gasteiger partial charge in [0.05, 0.1) is 10.5 Å². The largest absolute Gasteiger partial charge is 0.234 e. The molecule has 3 heteroatoms. The standard InChI is InChI=1S/C17H23NOS/c1-17(2,3)20(19)18-16-12-8-7-11-15(16)13-14-9-5-4-6-10-14/h4-6,9-10,13H,7-8,11-12H2,1-3H3/b15-13-,18-16+. The summed E-state index contributed by atoms with van der Waals surface area (Å²) < 4.78 is 16.4. The van der Waals surface area contributed by atoms with Crippen LogP contribution in [0, 0.1) is 0 Å². The second-order valence-corrected chi connectivity index (χ2v) is 8.09. The van der Waals surface area contributed by atoms with Crippen LogP contribution in [-0.2, 0) is 11.0 Å². The van der Waals surface area contributed by atoms with Crippen LogP contribution in [0.2, 0.25) is 0 Å². The molecule has 1 saturated carbocycles. The molecule has 0 aromatic heterocycles. The molecule has 2 rings (SSSR count). The lowest BCUT2D eigenvalue weighted by molar-refractivity contribution is 0.650. The molecule has 1 aliphatic carbocycles. The molecule has 1 fully saturated rings. The van der Waals surface area contributed by atoms with Gasteiger partial charge in [-0.2, -0.15) is 4.40 Å². The summed E-state index contributed by atoms with van der Waals surface area (Å²) in [5.41, 5.74) is 3.48. The summed E-state index contributed by atoms with van der Waals surface area (Å²) in [5.74, 6) is 0. The van der Waals surface area contributed by atoms with E-state index in [2.05, 4.69) is 22.6 Å². The van der Waals surface area contributed by atoms with E-state index in [1.807, 2.05) is 39.0 Å². The molecule has 0 spiro atoms. The summed E-state index contributed by atoms with van der Waals surface area (Å²) in [4.78, 5) is 0. The van der Waals surface area contributed by atoms with Gasteiger partial charge in [0.1, 0.15) is 11.0 Å². The van der Waals surface area contributed by atoms with Crippen molar-refractivity contribution in [2.24, 2.45) is 4.40 Å². The topological polar surface area (TPSA) is 29.4 Å². The lowest BCUT2D eigenvalue weighted by Gasteiger charge is -2.20. The molecule has 1 aliphatic rings. The Morgan fingerprint density at radius 3 is 2.40 bits per heavy atom. The molecule has 1 aromatic rings. The van der Waals surface area contributed by atoms with Gasteiger partial charge in [0, 0.05) is 0 Å². The third-order valence-corrected chi connectivity index (χ3v) is 4.77. The zero-order valence-corrected chi connectivity index (χ0v) is 13.4. The van der Waals surface area contributed by atoms with Crippen LogP contribution in [0.15, 0.2) is 40.3 Å². The van der Waals surface area contributed by atoms with E-state index in [0.717, 1.165) is 25.0 Å². The maximum absolute atomic E-state index is 12.2. The molecule has 108 valence electrons. The molecule has 0 N–H and O–H groups in total. The van der Waals surface area contributed by atoms with Gasteiger partial charge >= 0.3 is 0 Å². The smallest absolute Gasteiger partial charge is 0.145 e. The Bertz CT molecular complexity index is 538. The van der Waals surface area contributed by atoms with E-state index in [9.17, 15) is 4.21 Å². The molecule has 0 aliphatic heterocycles. The lowest BCUT2D eigenvalue weighted by Crippen LogP contribution is -2.22. The van der Waals surface area contributed by atoms with Gasteiger partial charge in [-0.25, -0.2) is 4.21 Å². The quantitative estimate of drug-likeness (QED) is 0.785. The average Bonchev–Trinajstić information content (AvgIpc) is 2.41. The highest BCUT2D eigenvalue weighted by atomic mass is 32.2. The highest BCUT2D eigenvalue weighted by Gasteiger charge is 2.21. The average molecular weight is 289 g/mol. The predicted octanol–water partition coefficient (Wildman–Crippen LogP) is 4.55. The van der Waals surface area contributed by atoms with Crippen LogP contribution < -0.4 is 0 Å². The number of hydrogen-bond donors (Lipinski definition) is 0. The zero-order valence-electron chi connectivity index (χ0n) is 12.6. The Morgan fingerprint density at radius 1 is 1.10 bits per heavy atom. The van der Waals surface area contributed by atoms with Gasteiger partial charge in [-0.1, -0.05) is 30.3 Å². The first-order valence-corrected chi connectivity index (χ1v) is 8.33. The predicted molar refractivity (Wildman–Crippen MR) is 88.2 cm³/mol. The van der Waals surface area contributed by atoms with E-state index >= 15 is 0 Å². The van der Waals surface area contributed by atoms with E-state index in [-0.39, 0.29) is 4.75 Å². The first-order chi connectivity index (χ1) is 9.47. The monoisotopic (exact) mass is 289 g/mol. The van der Waals surface area contributed by atoms with Gasteiger partial charge in [0.15, 0.2) is 0 Å². The van der Waals surface area contributed by atoms with Crippen molar-refractivity contribution in [2.75, 3.05) is 0 Å². The van der Waals surface area contributed by atoms with Crippen molar-refractivity contribution in [3.8, 4) is 0 Å². The molecular weight excluding hydrogens is 266 g/mol. The number of hydrogen-bond acceptors (Lipinski definition) is 1. The summed E-state index contributed by atoms with van der Waals surface area (Å²) in [6.07, 6.45) is 6.51. The molecule has 1 unspecified atom stereocenters. The van der Waals surface area contributed by atoms with Gasteiger partial charge in [-0.3, -0.25) is 0 Å². The van der Waals surface area contributed by atoms with Crippen LogP contribution in [0.3, 0.4) is 0 Å². The molecule has 1 aromatic carbocycles. The minimum Gasteiger partial charge on any atom is -0.234 e. The third kappa shape index (κ3) is 4.14. The van der Waals surface area contributed by atoms with Crippen LogP contribution in [-0.4, -0.2) is 14.7 Å². The molecule has 0 bridgehead atoms. The fourth-order valence-corrected chi connectivity index (χ4v) is 2.84. The van der Waals surface area contributed by atoms with Crippen LogP contribution in [0.25, 0.3) is 6.08 Å². The molecule has 0 radical (unpaired) electrons. The summed E-state index contributed by atoms with van der Waals surface area (Å²) in [7, 11) is -1.17. The molecule has 2 nitrogen and oxygen atoms in total. The van der Waals surface area contributed by atoms with Gasteiger partial charge in [-0.05, 0) is 63.7 Å². The van der Waals surface area contributed by atoms with E-state index in [4.69, 9.17) is 0 Å². The SMILES string of the molecule is CC(C)(C)S(=O)/N=C1\CCCC\C1=C\c1ccccc1. The van der Waals surface area contributed by atoms with Crippen LogP contribution in [0.5, 0.6) is 0 Å². The number of rotatable bonds is 2. The minimum absolute atomic E-state index is 0.289. The van der Waals surface area contributed by atoms with Gasteiger partial charge in [0.25, 0.3) is 0 Å². The van der Waals surface area contributed by atoms with Gasteiger partial charge in [-0.15, -0.1) is 0 Å². The Labute approximate surface area is 124 Å². The Balaban J connectivity index is 2.28. The highest BCUT2D eigenvalue weighted by Crippen LogP contribution is 2.25. The molecular formula is C17H23NOS. The summed E-state index contributed by atoms with van der Waals surface area (Å²) in [5, 5.41) is 0. The van der Waals surface area contributed by atoms with Gasteiger partial charge < -0.3 is 0 Å². The summed E-state index contributed by atoms with van der Waals surface area (Å²) in [6, 6.07) is 10.3. The van der Waals surface area contributed by atoms with Crippen molar-refractivity contribution in [1.82, 2.24) is 0 Å². The Hall–Kier alpha value is -1.22. The summed E-state index contributed by atoms with van der Waals surface area (Å²) >= 11 is 0. The molecule has 20 heavy (non-hydrogen) atoms. The maximum Gasteiger partial charge on any atom is 0.145 e. The number of benzene rings is 1. The Kier molecular flexibility index (Phi) is 4.92. The van der Waals surface area contributed by atoms with Crippen LogP contribution in [0.1, 0.15) is 52.0 Å². The fourth-order valence-electron chi connectivity index (χ4n) is 2.16. The first-order valence-electron chi connectivity index (χ1n) is 7.22. The molecule has 1 atom stereocenters. The van der Waals surface area contributed by atoms with Crippen molar-refractivity contribution in [1.29, 1.82) is 0 Å². The fraction of sp³-hybridized carbons (Fsp3) is 0.471. The van der Waals surface area contributed by atoms with E-state index < -0.39 is 11.0 Å². The van der Waals surface area contributed by atoms with Crippen molar-refractivity contribution in [3.05, 3.63) is 41.5 Å². The van der Waals surface area contributed by atoms with Crippen LogP contribution in [0.4, 0.5) is 0 Å². The van der Waals surface area contributed by atoms with Crippen molar-refractivity contribution >= 4 is 22.8 Å².